The third kappa shape index (κ3) is 70.4. The molecule has 5 unspecified atom stereocenters. The van der Waals surface area contributed by atoms with E-state index in [9.17, 15) is 43.2 Å². The van der Waals surface area contributed by atoms with Crippen LogP contribution < -0.4 is 0 Å². The summed E-state index contributed by atoms with van der Waals surface area (Å²) in [6, 6.07) is 0. The van der Waals surface area contributed by atoms with Gasteiger partial charge < -0.3 is 33.8 Å². The van der Waals surface area contributed by atoms with Crippen molar-refractivity contribution in [3.05, 3.63) is 97.2 Å². The first-order valence-electron chi connectivity index (χ1n) is 38.5. The maximum absolute atomic E-state index is 13.1. The molecule has 0 amide bonds. The quantitative estimate of drug-likeness (QED) is 0.0169. The third-order valence-electron chi connectivity index (χ3n) is 16.1. The van der Waals surface area contributed by atoms with Gasteiger partial charge in [-0.3, -0.25) is 37.3 Å². The van der Waals surface area contributed by atoms with Crippen LogP contribution in [-0.2, 0) is 65.4 Å². The van der Waals surface area contributed by atoms with Gasteiger partial charge in [0.15, 0.2) is 12.2 Å². The van der Waals surface area contributed by atoms with Gasteiger partial charge in [0.25, 0.3) is 0 Å². The lowest BCUT2D eigenvalue weighted by atomic mass is 10.0. The number of allylic oxidation sites excluding steroid dienone is 16. The van der Waals surface area contributed by atoms with E-state index >= 15 is 0 Å². The van der Waals surface area contributed by atoms with Crippen LogP contribution in [0.3, 0.4) is 0 Å². The van der Waals surface area contributed by atoms with E-state index in [0.717, 1.165) is 128 Å². The summed E-state index contributed by atoms with van der Waals surface area (Å²) in [5.41, 5.74) is 0. The van der Waals surface area contributed by atoms with Crippen molar-refractivity contribution < 1.29 is 80.2 Å². The molecule has 0 aliphatic heterocycles. The molecule has 0 radical (unpaired) electrons. The lowest BCUT2D eigenvalue weighted by Gasteiger charge is -2.21. The summed E-state index contributed by atoms with van der Waals surface area (Å²) < 4.78 is 68.4. The summed E-state index contributed by atoms with van der Waals surface area (Å²) in [4.78, 5) is 72.8. The van der Waals surface area contributed by atoms with Gasteiger partial charge >= 0.3 is 39.5 Å². The van der Waals surface area contributed by atoms with Crippen LogP contribution >= 0.6 is 15.6 Å². The number of phosphoric ester groups is 2. The summed E-state index contributed by atoms with van der Waals surface area (Å²) in [6.07, 6.45) is 74.2. The predicted molar refractivity (Wildman–Crippen MR) is 399 cm³/mol. The Morgan fingerprint density at radius 2 is 0.571 bits per heavy atom. The minimum atomic E-state index is -4.99. The highest BCUT2D eigenvalue weighted by Crippen LogP contribution is 2.45. The van der Waals surface area contributed by atoms with Crippen LogP contribution in [0, 0.1) is 0 Å². The summed E-state index contributed by atoms with van der Waals surface area (Å²) in [7, 11) is -9.96. The Morgan fingerprint density at radius 3 is 0.918 bits per heavy atom. The van der Waals surface area contributed by atoms with Gasteiger partial charge in [-0.2, -0.15) is 0 Å². The van der Waals surface area contributed by atoms with Gasteiger partial charge in [0.2, 0.25) is 0 Å². The Bertz CT molecular complexity index is 2240. The maximum atomic E-state index is 13.1. The van der Waals surface area contributed by atoms with Crippen molar-refractivity contribution >= 4 is 39.5 Å². The minimum Gasteiger partial charge on any atom is -0.462 e. The Balaban J connectivity index is 5.36. The molecule has 5 atom stereocenters. The number of phosphoric acid groups is 2. The van der Waals surface area contributed by atoms with Crippen LogP contribution in [0.15, 0.2) is 97.2 Å². The maximum Gasteiger partial charge on any atom is 0.472 e. The number of esters is 4. The largest absolute Gasteiger partial charge is 0.472 e. The van der Waals surface area contributed by atoms with Gasteiger partial charge in [-0.1, -0.05) is 305 Å². The molecule has 98 heavy (non-hydrogen) atoms. The van der Waals surface area contributed by atoms with E-state index in [1.807, 2.05) is 18.2 Å². The SMILES string of the molecule is CC/C=C\C/C=C\C/C=C\C/C=C\C/C=C\C/C=C\CCC(=O)OCC(COP(=O)(O)OCC(O)COP(=O)(O)OCC(COC(=O)CCCCCCCCCCCCCCCCC)OC(=O)CCCCCCCCCCCCC)OC(=O)CCCCCCC/C=C\C/C=C\CCC. The first-order valence-corrected chi connectivity index (χ1v) is 41.5. The first kappa shape index (κ1) is 94.0. The first-order chi connectivity index (χ1) is 47.7. The number of hydrogen-bond acceptors (Lipinski definition) is 15. The van der Waals surface area contributed by atoms with E-state index in [0.29, 0.717) is 32.1 Å². The molecule has 0 rings (SSSR count). The van der Waals surface area contributed by atoms with Crippen LogP contribution in [0.25, 0.3) is 0 Å². The highest BCUT2D eigenvalue weighted by Gasteiger charge is 2.30. The monoisotopic (exact) mass is 1420 g/mol. The fourth-order valence-corrected chi connectivity index (χ4v) is 11.8. The van der Waals surface area contributed by atoms with E-state index in [4.69, 9.17) is 37.0 Å². The number of rotatable bonds is 72. The second-order valence-corrected chi connectivity index (χ2v) is 28.5. The molecule has 0 aromatic heterocycles. The van der Waals surface area contributed by atoms with Gasteiger partial charge in [0.05, 0.1) is 26.4 Å². The fraction of sp³-hybridized carbons (Fsp3) is 0.747. The van der Waals surface area contributed by atoms with Crippen molar-refractivity contribution in [2.75, 3.05) is 39.6 Å². The van der Waals surface area contributed by atoms with Gasteiger partial charge in [-0.05, 0) is 89.9 Å². The van der Waals surface area contributed by atoms with Crippen molar-refractivity contribution in [1.82, 2.24) is 0 Å². The predicted octanol–water partition coefficient (Wildman–Crippen LogP) is 22.0. The zero-order chi connectivity index (χ0) is 71.8. The third-order valence-corrected chi connectivity index (χ3v) is 18.0. The molecule has 0 aliphatic rings. The molecule has 566 valence electrons. The van der Waals surface area contributed by atoms with Crippen LogP contribution in [0.1, 0.15) is 323 Å². The summed E-state index contributed by atoms with van der Waals surface area (Å²) in [5.74, 6) is -2.27. The van der Waals surface area contributed by atoms with Crippen LogP contribution in [0.5, 0.6) is 0 Å². The number of aliphatic hydroxyl groups is 1. The van der Waals surface area contributed by atoms with Crippen molar-refractivity contribution in [3.8, 4) is 0 Å². The number of carbonyl (C=O) groups is 4. The lowest BCUT2D eigenvalue weighted by Crippen LogP contribution is -2.30. The molecule has 0 fully saturated rings. The van der Waals surface area contributed by atoms with Crippen LogP contribution in [0.4, 0.5) is 0 Å². The van der Waals surface area contributed by atoms with E-state index in [2.05, 4.69) is 107 Å². The molecule has 0 aromatic rings. The number of ether oxygens (including phenoxy) is 4. The van der Waals surface area contributed by atoms with Gasteiger partial charge in [0, 0.05) is 25.7 Å². The van der Waals surface area contributed by atoms with Crippen molar-refractivity contribution in [1.29, 1.82) is 0 Å². The molecule has 0 bridgehead atoms. The summed E-state index contributed by atoms with van der Waals surface area (Å²) >= 11 is 0. The Morgan fingerprint density at radius 1 is 0.296 bits per heavy atom. The summed E-state index contributed by atoms with van der Waals surface area (Å²) in [5, 5.41) is 10.6. The standard InChI is InChI=1S/C79H138O17P2/c1-5-9-13-17-21-25-29-32-34-35-36-37-39-42-45-48-52-56-60-64-77(82)90-70-75(96-79(84)66-62-58-54-50-46-40-31-27-23-19-15-11-7-3)72-94-98(87,88)92-68-73(80)67-91-97(85,86)93-71-74(95-78(83)65-61-57-53-49-43-28-24-20-16-12-8-4)69-89-76(81)63-59-55-51-47-44-41-38-33-30-26-22-18-14-10-6-2/h9,13,15,19,21,25,27,31-32,34,36-37,42,45,52,56,73-75,80H,5-8,10-12,14,16-18,20,22-24,26,28-30,33,35,38-41,43-44,46-51,53-55,57-72H2,1-4H3,(H,85,86)(H,87,88)/b13-9-,19-15-,25-21-,31-27-,34-32-,37-36-,45-42-,56-52-. The average molecular weight is 1420 g/mol. The molecule has 0 saturated heterocycles. The molecule has 0 aromatic carbocycles. The summed E-state index contributed by atoms with van der Waals surface area (Å²) in [6.45, 7) is 4.62. The normalized spacial score (nSPS) is 14.5. The van der Waals surface area contributed by atoms with Crippen LogP contribution in [-0.4, -0.2) is 96.7 Å². The van der Waals surface area contributed by atoms with Crippen molar-refractivity contribution in [2.24, 2.45) is 0 Å². The van der Waals surface area contributed by atoms with E-state index < -0.39 is 97.5 Å². The number of aliphatic hydroxyl groups excluding tert-OH is 1. The topological polar surface area (TPSA) is 237 Å². The molecular formula is C79H138O17P2. The highest BCUT2D eigenvalue weighted by molar-refractivity contribution is 7.47. The van der Waals surface area contributed by atoms with Crippen LogP contribution in [0.2, 0.25) is 0 Å². The van der Waals surface area contributed by atoms with Gasteiger partial charge in [-0.25, -0.2) is 9.13 Å². The Kier molecular flexibility index (Phi) is 68.4. The van der Waals surface area contributed by atoms with Gasteiger partial charge in [-0.15, -0.1) is 0 Å². The average Bonchev–Trinajstić information content (AvgIpc) is 0.972. The molecule has 0 saturated carbocycles. The molecule has 3 N–H and O–H groups in total. The number of hydrogen-bond donors (Lipinski definition) is 3. The Hall–Kier alpha value is -4.02. The van der Waals surface area contributed by atoms with Crippen molar-refractivity contribution in [2.45, 2.75) is 341 Å². The van der Waals surface area contributed by atoms with E-state index in [1.54, 1.807) is 0 Å². The zero-order valence-corrected chi connectivity index (χ0v) is 63.5. The molecule has 17 nitrogen and oxygen atoms in total. The minimum absolute atomic E-state index is 0.0332. The number of unbranched alkanes of at least 4 members (excludes halogenated alkanes) is 30. The second kappa shape index (κ2) is 71.4. The van der Waals surface area contributed by atoms with E-state index in [1.165, 1.54) is 109 Å². The second-order valence-electron chi connectivity index (χ2n) is 25.6. The molecule has 19 heteroatoms. The smallest absolute Gasteiger partial charge is 0.462 e. The molecular weight excluding hydrogens is 1280 g/mol. The lowest BCUT2D eigenvalue weighted by molar-refractivity contribution is -0.161. The Labute approximate surface area is 595 Å². The highest BCUT2D eigenvalue weighted by atomic mass is 31.2. The fourth-order valence-electron chi connectivity index (χ4n) is 10.2. The van der Waals surface area contributed by atoms with E-state index in [-0.39, 0.29) is 25.7 Å². The zero-order valence-electron chi connectivity index (χ0n) is 61.7. The molecule has 0 spiro atoms. The molecule has 0 aliphatic carbocycles. The number of carbonyl (C=O) groups excluding carboxylic acids is 4. The van der Waals surface area contributed by atoms with Crippen molar-refractivity contribution in [3.63, 3.8) is 0 Å². The molecule has 0 heterocycles. The van der Waals surface area contributed by atoms with Gasteiger partial charge in [0.1, 0.15) is 19.3 Å².